The zero-order chi connectivity index (χ0) is 23.5. The Hall–Kier alpha value is -3.88. The third-order valence-electron chi connectivity index (χ3n) is 5.53. The molecule has 1 fully saturated rings. The molecule has 2 aromatic heterocycles. The molecule has 1 atom stereocenters. The monoisotopic (exact) mass is 448 g/mol. The van der Waals surface area contributed by atoms with Crippen LogP contribution in [-0.2, 0) is 11.3 Å². The zero-order valence-corrected chi connectivity index (χ0v) is 18.8. The van der Waals surface area contributed by atoms with Gasteiger partial charge in [0, 0.05) is 58.0 Å². The van der Waals surface area contributed by atoms with Crippen LogP contribution in [0.1, 0.15) is 34.3 Å². The molecule has 1 saturated heterocycles. The quantitative estimate of drug-likeness (QED) is 0.577. The van der Waals surface area contributed by atoms with Gasteiger partial charge >= 0.3 is 0 Å². The molecule has 0 aliphatic carbocycles. The van der Waals surface area contributed by atoms with Gasteiger partial charge in [0.15, 0.2) is 0 Å². The van der Waals surface area contributed by atoms with Crippen molar-refractivity contribution in [1.82, 2.24) is 19.9 Å². The van der Waals surface area contributed by atoms with E-state index in [2.05, 4.69) is 9.97 Å². The Morgan fingerprint density at radius 2 is 1.88 bits per heavy atom. The summed E-state index contributed by atoms with van der Waals surface area (Å²) in [7, 11) is 5.43. The van der Waals surface area contributed by atoms with Gasteiger partial charge in [-0.15, -0.1) is 0 Å². The Balaban J connectivity index is 1.57. The van der Waals surface area contributed by atoms with E-state index < -0.39 is 0 Å². The minimum Gasteiger partial charge on any atom is -0.363 e. The number of benzene rings is 1. The maximum Gasteiger partial charge on any atom is 0.272 e. The van der Waals surface area contributed by atoms with Gasteiger partial charge in [-0.1, -0.05) is 6.07 Å². The molecule has 8 nitrogen and oxygen atoms in total. The number of halogens is 1. The van der Waals surface area contributed by atoms with Crippen LogP contribution in [0, 0.1) is 5.82 Å². The van der Waals surface area contributed by atoms with E-state index in [1.54, 1.807) is 48.5 Å². The van der Waals surface area contributed by atoms with Gasteiger partial charge in [-0.3, -0.25) is 14.6 Å². The summed E-state index contributed by atoms with van der Waals surface area (Å²) in [5.74, 6) is 0.425. The summed E-state index contributed by atoms with van der Waals surface area (Å²) in [5, 5.41) is 0. The molecule has 3 heterocycles. The Morgan fingerprint density at radius 1 is 1.12 bits per heavy atom. The van der Waals surface area contributed by atoms with Crippen LogP contribution >= 0.6 is 0 Å². The van der Waals surface area contributed by atoms with Crippen LogP contribution in [0.3, 0.4) is 0 Å². The number of amides is 2. The highest BCUT2D eigenvalue weighted by molar-refractivity contribution is 5.96. The Morgan fingerprint density at radius 3 is 2.55 bits per heavy atom. The predicted octanol–water partition coefficient (Wildman–Crippen LogP) is 2.87. The summed E-state index contributed by atoms with van der Waals surface area (Å²) < 4.78 is 13.3. The predicted molar refractivity (Wildman–Crippen MR) is 123 cm³/mol. The van der Waals surface area contributed by atoms with Crippen LogP contribution in [0.15, 0.2) is 54.7 Å². The molecule has 0 N–H and O–H groups in total. The molecule has 3 aromatic rings. The van der Waals surface area contributed by atoms with Crippen molar-refractivity contribution in [2.24, 2.45) is 0 Å². The van der Waals surface area contributed by atoms with E-state index in [-0.39, 0.29) is 30.1 Å². The lowest BCUT2D eigenvalue weighted by atomic mass is 10.0. The average Bonchev–Trinajstić information content (AvgIpc) is 3.21. The molecule has 1 aliphatic heterocycles. The number of hydrogen-bond acceptors (Lipinski definition) is 6. The van der Waals surface area contributed by atoms with E-state index in [4.69, 9.17) is 4.98 Å². The van der Waals surface area contributed by atoms with E-state index in [1.165, 1.54) is 17.0 Å². The van der Waals surface area contributed by atoms with Crippen molar-refractivity contribution >= 4 is 23.3 Å². The molecule has 0 spiro atoms. The standard InChI is InChI=1S/C24H25FN6O2/c1-29(2)22-13-20(16-12-23(32)31(14-16)18-9-7-17(25)8-10-18)27-21(28-22)15-30(3)24(33)19-6-4-5-11-26-19/h4-11,13,16H,12,14-15H2,1-3H3/t16-/m1/s1. The topological polar surface area (TPSA) is 82.5 Å². The fraction of sp³-hybridized carbons (Fsp3) is 0.292. The lowest BCUT2D eigenvalue weighted by Crippen LogP contribution is -2.28. The summed E-state index contributed by atoms with van der Waals surface area (Å²) in [6.45, 7) is 0.642. The smallest absolute Gasteiger partial charge is 0.272 e. The second-order valence-corrected chi connectivity index (χ2v) is 8.22. The van der Waals surface area contributed by atoms with Crippen molar-refractivity contribution in [2.75, 3.05) is 37.5 Å². The van der Waals surface area contributed by atoms with Crippen molar-refractivity contribution in [2.45, 2.75) is 18.9 Å². The Kier molecular flexibility index (Phi) is 6.30. The van der Waals surface area contributed by atoms with Gasteiger partial charge < -0.3 is 14.7 Å². The van der Waals surface area contributed by atoms with Crippen molar-refractivity contribution in [3.05, 3.63) is 77.8 Å². The largest absolute Gasteiger partial charge is 0.363 e. The van der Waals surface area contributed by atoms with E-state index in [0.717, 1.165) is 5.69 Å². The first-order valence-corrected chi connectivity index (χ1v) is 10.6. The number of hydrogen-bond donors (Lipinski definition) is 0. The first-order chi connectivity index (χ1) is 15.8. The molecule has 9 heteroatoms. The van der Waals surface area contributed by atoms with Crippen LogP contribution in [0.4, 0.5) is 15.9 Å². The number of carbonyl (C=O) groups is 2. The van der Waals surface area contributed by atoms with Gasteiger partial charge in [0.05, 0.1) is 12.2 Å². The van der Waals surface area contributed by atoms with E-state index >= 15 is 0 Å². The molecule has 2 amide bonds. The van der Waals surface area contributed by atoms with Crippen molar-refractivity contribution in [3.8, 4) is 0 Å². The molecule has 0 bridgehead atoms. The molecule has 170 valence electrons. The molecule has 4 rings (SSSR count). The summed E-state index contributed by atoms with van der Waals surface area (Å²) in [6, 6.07) is 12.9. The molecule has 33 heavy (non-hydrogen) atoms. The third-order valence-corrected chi connectivity index (χ3v) is 5.53. The molecular weight excluding hydrogens is 423 g/mol. The minimum absolute atomic E-state index is 0.0411. The van der Waals surface area contributed by atoms with Crippen molar-refractivity contribution in [3.63, 3.8) is 0 Å². The Bertz CT molecular complexity index is 1150. The van der Waals surface area contributed by atoms with Crippen molar-refractivity contribution in [1.29, 1.82) is 0 Å². The highest BCUT2D eigenvalue weighted by Gasteiger charge is 2.33. The van der Waals surface area contributed by atoms with Crippen LogP contribution in [0.2, 0.25) is 0 Å². The average molecular weight is 449 g/mol. The Labute approximate surface area is 191 Å². The summed E-state index contributed by atoms with van der Waals surface area (Å²) >= 11 is 0. The summed E-state index contributed by atoms with van der Waals surface area (Å²) in [5.41, 5.74) is 1.74. The normalized spacial score (nSPS) is 15.6. The van der Waals surface area contributed by atoms with Crippen molar-refractivity contribution < 1.29 is 14.0 Å². The fourth-order valence-corrected chi connectivity index (χ4v) is 3.76. The molecule has 1 aromatic carbocycles. The van der Waals surface area contributed by atoms with Crippen LogP contribution < -0.4 is 9.80 Å². The second kappa shape index (κ2) is 9.32. The SMILES string of the molecule is CN(Cc1nc([C@@H]2CC(=O)N(c3ccc(F)cc3)C2)cc(N(C)C)n1)C(=O)c1ccccn1. The van der Waals surface area contributed by atoms with E-state index in [1.807, 2.05) is 25.1 Å². The number of aromatic nitrogens is 3. The molecule has 1 aliphatic rings. The molecule has 0 saturated carbocycles. The lowest BCUT2D eigenvalue weighted by molar-refractivity contribution is -0.117. The number of anilines is 2. The summed E-state index contributed by atoms with van der Waals surface area (Å²) in [4.78, 5) is 43.8. The molecule has 0 unspecified atom stereocenters. The van der Waals surface area contributed by atoms with E-state index in [9.17, 15) is 14.0 Å². The number of pyridine rings is 1. The molecule has 0 radical (unpaired) electrons. The van der Waals surface area contributed by atoms with Gasteiger partial charge in [0.1, 0.15) is 23.2 Å². The number of carbonyl (C=O) groups excluding carboxylic acids is 2. The fourth-order valence-electron chi connectivity index (χ4n) is 3.76. The highest BCUT2D eigenvalue weighted by Crippen LogP contribution is 2.32. The van der Waals surface area contributed by atoms with Crippen LogP contribution in [0.25, 0.3) is 0 Å². The zero-order valence-electron chi connectivity index (χ0n) is 18.8. The van der Waals surface area contributed by atoms with Gasteiger partial charge in [-0.05, 0) is 36.4 Å². The van der Waals surface area contributed by atoms with Gasteiger partial charge in [-0.2, -0.15) is 0 Å². The summed E-state index contributed by atoms with van der Waals surface area (Å²) in [6.07, 6.45) is 1.87. The molecular formula is C24H25FN6O2. The van der Waals surface area contributed by atoms with Gasteiger partial charge in [0.2, 0.25) is 5.91 Å². The van der Waals surface area contributed by atoms with Crippen LogP contribution in [0.5, 0.6) is 0 Å². The van der Waals surface area contributed by atoms with Crippen LogP contribution in [-0.4, -0.2) is 59.4 Å². The maximum atomic E-state index is 13.3. The van der Waals surface area contributed by atoms with E-state index in [0.29, 0.717) is 36.0 Å². The first-order valence-electron chi connectivity index (χ1n) is 10.6. The minimum atomic E-state index is -0.345. The maximum absolute atomic E-state index is 13.3. The number of rotatable bonds is 6. The van der Waals surface area contributed by atoms with Gasteiger partial charge in [-0.25, -0.2) is 14.4 Å². The lowest BCUT2D eigenvalue weighted by Gasteiger charge is -2.20. The second-order valence-electron chi connectivity index (χ2n) is 8.22. The number of nitrogens with zero attached hydrogens (tertiary/aromatic N) is 6. The highest BCUT2D eigenvalue weighted by atomic mass is 19.1. The third kappa shape index (κ3) is 4.97. The van der Waals surface area contributed by atoms with Gasteiger partial charge in [0.25, 0.3) is 5.91 Å². The first kappa shape index (κ1) is 22.3.